The van der Waals surface area contributed by atoms with Crippen LogP contribution in [0.4, 0.5) is 0 Å². The van der Waals surface area contributed by atoms with E-state index < -0.39 is 26.9 Å². The van der Waals surface area contributed by atoms with E-state index in [9.17, 15) is 18.0 Å². The molecule has 1 heterocycles. The summed E-state index contributed by atoms with van der Waals surface area (Å²) < 4.78 is 26.0. The van der Waals surface area contributed by atoms with Crippen molar-refractivity contribution in [3.05, 3.63) is 42.4 Å². The van der Waals surface area contributed by atoms with E-state index in [0.717, 1.165) is 0 Å². The number of aromatic amines is 2. The first kappa shape index (κ1) is 17.0. The van der Waals surface area contributed by atoms with Crippen LogP contribution in [0.25, 0.3) is 11.0 Å². The lowest BCUT2D eigenvalue weighted by atomic mass is 10.2. The van der Waals surface area contributed by atoms with E-state index in [-0.39, 0.29) is 39.8 Å². The molecule has 1 aromatic carbocycles. The fourth-order valence-electron chi connectivity index (χ4n) is 1.85. The van der Waals surface area contributed by atoms with Gasteiger partial charge in [-0.3, -0.25) is 9.59 Å². The molecule has 2 aromatic rings. The lowest BCUT2D eigenvalue weighted by molar-refractivity contribution is 0.301. The minimum atomic E-state index is -3.82. The normalized spacial score (nSPS) is 12.0. The van der Waals surface area contributed by atoms with Crippen molar-refractivity contribution >= 4 is 44.3 Å². The zero-order valence-electron chi connectivity index (χ0n) is 10.9. The van der Waals surface area contributed by atoms with E-state index in [1.54, 1.807) is 0 Å². The fourth-order valence-corrected chi connectivity index (χ4v) is 3.54. The average Bonchev–Trinajstić information content (AvgIpc) is 2.44. The molecule has 0 atom stereocenters. The van der Waals surface area contributed by atoms with Gasteiger partial charge in [0.1, 0.15) is 0 Å². The molecule has 0 radical (unpaired) electrons. The molecule has 0 spiro atoms. The van der Waals surface area contributed by atoms with Gasteiger partial charge in [-0.1, -0.05) is 23.2 Å². The summed E-state index contributed by atoms with van der Waals surface area (Å²) in [6.07, 6.45) is 0. The summed E-state index contributed by atoms with van der Waals surface area (Å²) in [4.78, 5) is 27.4. The SMILES string of the molecule is O=c1[nH]c2cc(Cl)c(Cl)c(CS(=O)(=O)NCCO)c2[nH]c1=O. The number of halogens is 2. The molecule has 11 heteroatoms. The third-order valence-corrected chi connectivity index (χ3v) is 4.92. The Morgan fingerprint density at radius 2 is 1.82 bits per heavy atom. The molecule has 0 amide bonds. The number of hydrogen-bond donors (Lipinski definition) is 4. The Balaban J connectivity index is 2.66. The molecule has 0 bridgehead atoms. The number of fused-ring (bicyclic) bond motifs is 1. The summed E-state index contributed by atoms with van der Waals surface area (Å²) in [5, 5.41) is 8.65. The summed E-state index contributed by atoms with van der Waals surface area (Å²) in [5.74, 6) is -0.578. The van der Waals surface area contributed by atoms with Crippen LogP contribution in [0.1, 0.15) is 5.56 Å². The van der Waals surface area contributed by atoms with Crippen LogP contribution in [-0.4, -0.2) is 36.6 Å². The van der Waals surface area contributed by atoms with Crippen molar-refractivity contribution in [3.63, 3.8) is 0 Å². The molecule has 0 saturated heterocycles. The minimum Gasteiger partial charge on any atom is -0.395 e. The minimum absolute atomic E-state index is 0.0317. The number of sulfonamides is 1. The van der Waals surface area contributed by atoms with Gasteiger partial charge in [-0.2, -0.15) is 0 Å². The molecule has 0 saturated carbocycles. The highest BCUT2D eigenvalue weighted by Crippen LogP contribution is 2.31. The third kappa shape index (κ3) is 3.50. The van der Waals surface area contributed by atoms with Crippen molar-refractivity contribution in [3.8, 4) is 0 Å². The second kappa shape index (κ2) is 6.39. The van der Waals surface area contributed by atoms with Crippen molar-refractivity contribution < 1.29 is 13.5 Å². The molecule has 0 aliphatic heterocycles. The monoisotopic (exact) mass is 367 g/mol. The quantitative estimate of drug-likeness (QED) is 0.549. The van der Waals surface area contributed by atoms with E-state index >= 15 is 0 Å². The van der Waals surface area contributed by atoms with Crippen molar-refractivity contribution in [2.24, 2.45) is 0 Å². The smallest absolute Gasteiger partial charge is 0.314 e. The van der Waals surface area contributed by atoms with Crippen LogP contribution in [0.3, 0.4) is 0 Å². The summed E-state index contributed by atoms with van der Waals surface area (Å²) in [6.45, 7) is -0.529. The van der Waals surface area contributed by atoms with Gasteiger partial charge >= 0.3 is 11.1 Å². The molecule has 0 fully saturated rings. The Labute approximate surface area is 134 Å². The molecule has 8 nitrogen and oxygen atoms in total. The predicted molar refractivity (Wildman–Crippen MR) is 82.9 cm³/mol. The molecule has 4 N–H and O–H groups in total. The molecule has 1 aromatic heterocycles. The molecule has 0 aliphatic carbocycles. The summed E-state index contributed by atoms with van der Waals surface area (Å²) in [5.41, 5.74) is -1.55. The zero-order valence-corrected chi connectivity index (χ0v) is 13.3. The molecule has 120 valence electrons. The number of aliphatic hydroxyl groups is 1. The Morgan fingerprint density at radius 3 is 2.45 bits per heavy atom. The largest absolute Gasteiger partial charge is 0.395 e. The average molecular weight is 368 g/mol. The van der Waals surface area contributed by atoms with Gasteiger partial charge in [-0.05, 0) is 6.07 Å². The third-order valence-electron chi connectivity index (χ3n) is 2.78. The van der Waals surface area contributed by atoms with Crippen molar-refractivity contribution in [2.75, 3.05) is 13.2 Å². The maximum absolute atomic E-state index is 11.9. The predicted octanol–water partition coefficient (Wildman–Crippen LogP) is -0.0651. The van der Waals surface area contributed by atoms with E-state index in [4.69, 9.17) is 28.3 Å². The number of nitrogens with one attached hydrogen (secondary N) is 3. The zero-order chi connectivity index (χ0) is 16.5. The van der Waals surface area contributed by atoms with Crippen LogP contribution in [0.5, 0.6) is 0 Å². The Hall–Kier alpha value is -1.39. The van der Waals surface area contributed by atoms with Crippen LogP contribution >= 0.6 is 23.2 Å². The first-order chi connectivity index (χ1) is 10.2. The molecule has 0 aliphatic rings. The van der Waals surface area contributed by atoms with E-state index in [2.05, 4.69) is 14.7 Å². The maximum Gasteiger partial charge on any atom is 0.314 e. The summed E-state index contributed by atoms with van der Waals surface area (Å²) in [7, 11) is -3.82. The standard InChI is InChI=1S/C11H11Cl2N3O5S/c12-6-3-7-9(16-11(19)10(18)15-7)5(8(6)13)4-22(20,21)14-1-2-17/h3,14,17H,1-2,4H2,(H,15,18)(H,16,19). The number of benzene rings is 1. The highest BCUT2D eigenvalue weighted by atomic mass is 35.5. The number of rotatable bonds is 5. The molecule has 2 rings (SSSR count). The van der Waals surface area contributed by atoms with Crippen LogP contribution in [0.15, 0.2) is 15.7 Å². The Bertz CT molecular complexity index is 935. The second-order valence-electron chi connectivity index (χ2n) is 4.36. The van der Waals surface area contributed by atoms with Gasteiger partial charge in [0.05, 0.1) is 33.4 Å². The van der Waals surface area contributed by atoms with Crippen molar-refractivity contribution in [1.29, 1.82) is 0 Å². The molecule has 0 unspecified atom stereocenters. The van der Waals surface area contributed by atoms with Gasteiger partial charge in [0.15, 0.2) is 0 Å². The number of hydrogen-bond acceptors (Lipinski definition) is 5. The maximum atomic E-state index is 11.9. The van der Waals surface area contributed by atoms with Gasteiger partial charge in [0, 0.05) is 12.1 Å². The number of aliphatic hydroxyl groups excluding tert-OH is 1. The fraction of sp³-hybridized carbons (Fsp3) is 0.273. The van der Waals surface area contributed by atoms with Gasteiger partial charge in [0.2, 0.25) is 10.0 Å². The van der Waals surface area contributed by atoms with Crippen LogP contribution in [0, 0.1) is 0 Å². The second-order valence-corrected chi connectivity index (χ2v) is 6.95. The highest BCUT2D eigenvalue weighted by Gasteiger charge is 2.19. The van der Waals surface area contributed by atoms with Crippen molar-refractivity contribution in [1.82, 2.24) is 14.7 Å². The van der Waals surface area contributed by atoms with Gasteiger partial charge in [0.25, 0.3) is 0 Å². The van der Waals surface area contributed by atoms with Crippen LogP contribution < -0.4 is 15.8 Å². The van der Waals surface area contributed by atoms with Gasteiger partial charge in [-0.25, -0.2) is 13.1 Å². The van der Waals surface area contributed by atoms with E-state index in [1.165, 1.54) is 6.07 Å². The van der Waals surface area contributed by atoms with E-state index in [1.807, 2.05) is 0 Å². The number of aromatic nitrogens is 2. The van der Waals surface area contributed by atoms with Crippen molar-refractivity contribution in [2.45, 2.75) is 5.75 Å². The summed E-state index contributed by atoms with van der Waals surface area (Å²) >= 11 is 11.9. The first-order valence-electron chi connectivity index (χ1n) is 5.96. The Morgan fingerprint density at radius 1 is 1.18 bits per heavy atom. The molecular formula is C11H11Cl2N3O5S. The number of H-pyrrole nitrogens is 2. The van der Waals surface area contributed by atoms with Gasteiger partial charge < -0.3 is 15.1 Å². The lowest BCUT2D eigenvalue weighted by Gasteiger charge is -2.11. The van der Waals surface area contributed by atoms with Crippen LogP contribution in [-0.2, 0) is 15.8 Å². The van der Waals surface area contributed by atoms with Crippen LogP contribution in [0.2, 0.25) is 10.0 Å². The first-order valence-corrected chi connectivity index (χ1v) is 8.37. The molecule has 22 heavy (non-hydrogen) atoms. The van der Waals surface area contributed by atoms with E-state index in [0.29, 0.717) is 0 Å². The Kier molecular flexibility index (Phi) is 4.93. The topological polar surface area (TPSA) is 132 Å². The highest BCUT2D eigenvalue weighted by molar-refractivity contribution is 7.88. The lowest BCUT2D eigenvalue weighted by Crippen LogP contribution is -2.30. The van der Waals surface area contributed by atoms with Gasteiger partial charge in [-0.15, -0.1) is 0 Å². The summed E-state index contributed by atoms with van der Waals surface area (Å²) in [6, 6.07) is 1.31. The molecular weight excluding hydrogens is 357 g/mol.